The number of amides is 2. The van der Waals surface area contributed by atoms with E-state index in [1.54, 1.807) is 40.9 Å². The molecule has 1 aliphatic heterocycles. The first-order chi connectivity index (χ1) is 13.2. The van der Waals surface area contributed by atoms with E-state index in [9.17, 15) is 9.59 Å². The van der Waals surface area contributed by atoms with Crippen LogP contribution < -0.4 is 10.2 Å². The van der Waals surface area contributed by atoms with Crippen LogP contribution in [0.4, 0.5) is 21.9 Å². The Labute approximate surface area is 161 Å². The molecule has 134 valence electrons. The molecule has 1 N–H and O–H groups in total. The van der Waals surface area contributed by atoms with Crippen LogP contribution in [0.1, 0.15) is 10.4 Å². The number of carbonyl (C=O) groups excluding carboxylic acids is 2. The molecule has 0 saturated heterocycles. The lowest BCUT2D eigenvalue weighted by Gasteiger charge is -2.31. The van der Waals surface area contributed by atoms with Crippen LogP contribution in [0.2, 0.25) is 0 Å². The summed E-state index contributed by atoms with van der Waals surface area (Å²) in [6, 6.07) is 22.0. The minimum atomic E-state index is -0.413. The topological polar surface area (TPSA) is 58.6 Å². The molecule has 1 heterocycles. The molecule has 1 aliphatic rings. The number of anilines is 3. The maximum Gasteiger partial charge on any atom is 0.337 e. The number of esters is 1. The molecule has 0 spiro atoms. The van der Waals surface area contributed by atoms with Gasteiger partial charge in [0.2, 0.25) is 0 Å². The van der Waals surface area contributed by atoms with Crippen LogP contribution in [-0.2, 0) is 4.74 Å². The minimum Gasteiger partial charge on any atom is -0.465 e. The van der Waals surface area contributed by atoms with Crippen molar-refractivity contribution in [3.8, 4) is 0 Å². The van der Waals surface area contributed by atoms with Gasteiger partial charge in [0.25, 0.3) is 0 Å². The quantitative estimate of drug-likeness (QED) is 0.616. The SMILES string of the molecule is COC(=O)c1ccc(NC(=O)N2c3ccccc3Sc3ccccc32)cc1. The Morgan fingerprint density at radius 1 is 0.852 bits per heavy atom. The van der Waals surface area contributed by atoms with Gasteiger partial charge in [-0.25, -0.2) is 9.59 Å². The zero-order chi connectivity index (χ0) is 18.8. The van der Waals surface area contributed by atoms with Crippen molar-refractivity contribution < 1.29 is 14.3 Å². The zero-order valence-corrected chi connectivity index (χ0v) is 15.3. The van der Waals surface area contributed by atoms with Crippen LogP contribution in [0.15, 0.2) is 82.6 Å². The van der Waals surface area contributed by atoms with Gasteiger partial charge in [0, 0.05) is 15.5 Å². The highest BCUT2D eigenvalue weighted by Gasteiger charge is 2.27. The smallest absolute Gasteiger partial charge is 0.337 e. The number of benzene rings is 3. The van der Waals surface area contributed by atoms with Gasteiger partial charge in [-0.3, -0.25) is 4.90 Å². The maximum absolute atomic E-state index is 13.1. The summed E-state index contributed by atoms with van der Waals surface area (Å²) in [6.07, 6.45) is 0. The fraction of sp³-hybridized carbons (Fsp3) is 0.0476. The number of fused-ring (bicyclic) bond motifs is 2. The van der Waals surface area contributed by atoms with Crippen LogP contribution in [0, 0.1) is 0 Å². The van der Waals surface area contributed by atoms with Crippen molar-refractivity contribution in [1.29, 1.82) is 0 Å². The van der Waals surface area contributed by atoms with Gasteiger partial charge in [0.05, 0.1) is 24.0 Å². The van der Waals surface area contributed by atoms with Gasteiger partial charge in [-0.2, -0.15) is 0 Å². The van der Waals surface area contributed by atoms with Crippen LogP contribution in [-0.4, -0.2) is 19.1 Å². The molecular formula is C21H16N2O3S. The van der Waals surface area contributed by atoms with Crippen LogP contribution in [0.3, 0.4) is 0 Å². The molecule has 6 heteroatoms. The van der Waals surface area contributed by atoms with Crippen LogP contribution in [0.25, 0.3) is 0 Å². The van der Waals surface area contributed by atoms with E-state index in [1.807, 2.05) is 48.5 Å². The lowest BCUT2D eigenvalue weighted by molar-refractivity contribution is 0.0601. The number of nitrogens with one attached hydrogen (secondary N) is 1. The molecular weight excluding hydrogens is 360 g/mol. The highest BCUT2D eigenvalue weighted by Crippen LogP contribution is 2.47. The Morgan fingerprint density at radius 3 is 1.96 bits per heavy atom. The first-order valence-electron chi connectivity index (χ1n) is 8.33. The molecule has 4 rings (SSSR count). The molecule has 0 aliphatic carbocycles. The molecule has 0 fully saturated rings. The van der Waals surface area contributed by atoms with E-state index < -0.39 is 5.97 Å². The second-order valence-electron chi connectivity index (χ2n) is 5.87. The number of para-hydroxylation sites is 2. The van der Waals surface area contributed by atoms with Gasteiger partial charge in [0.1, 0.15) is 0 Å². The summed E-state index contributed by atoms with van der Waals surface area (Å²) in [5.41, 5.74) is 2.70. The first kappa shape index (κ1) is 17.2. The van der Waals surface area contributed by atoms with Crippen molar-refractivity contribution in [2.24, 2.45) is 0 Å². The summed E-state index contributed by atoms with van der Waals surface area (Å²) in [6.45, 7) is 0. The molecule has 0 unspecified atom stereocenters. The molecule has 0 atom stereocenters. The standard InChI is InChI=1S/C21H16N2O3S/c1-26-20(24)14-10-12-15(13-11-14)22-21(25)23-16-6-2-4-8-18(16)27-19-9-5-3-7-17(19)23/h2-13H,1H3,(H,22,25). The number of nitrogens with zero attached hydrogens (tertiary/aromatic N) is 1. The number of hydrogen-bond acceptors (Lipinski definition) is 4. The Balaban J connectivity index is 1.65. The molecule has 0 bridgehead atoms. The van der Waals surface area contributed by atoms with E-state index in [-0.39, 0.29) is 6.03 Å². The normalized spacial score (nSPS) is 12.0. The second-order valence-corrected chi connectivity index (χ2v) is 6.96. The van der Waals surface area contributed by atoms with Gasteiger partial charge in [-0.1, -0.05) is 36.0 Å². The van der Waals surface area contributed by atoms with Crippen molar-refractivity contribution in [1.82, 2.24) is 0 Å². The number of ether oxygens (including phenoxy) is 1. The molecule has 0 aromatic heterocycles. The largest absolute Gasteiger partial charge is 0.465 e. The average molecular weight is 376 g/mol. The minimum absolute atomic E-state index is 0.263. The maximum atomic E-state index is 13.1. The average Bonchev–Trinajstić information content (AvgIpc) is 2.71. The summed E-state index contributed by atoms with van der Waals surface area (Å²) in [4.78, 5) is 28.3. The third-order valence-corrected chi connectivity index (χ3v) is 5.32. The van der Waals surface area contributed by atoms with Gasteiger partial charge in [0.15, 0.2) is 0 Å². The molecule has 5 nitrogen and oxygen atoms in total. The van der Waals surface area contributed by atoms with Gasteiger partial charge < -0.3 is 10.1 Å². The Hall–Kier alpha value is -3.25. The molecule has 3 aromatic rings. The van der Waals surface area contributed by atoms with Crippen molar-refractivity contribution in [3.63, 3.8) is 0 Å². The highest BCUT2D eigenvalue weighted by atomic mass is 32.2. The fourth-order valence-corrected chi connectivity index (χ4v) is 3.97. The van der Waals surface area contributed by atoms with Gasteiger partial charge >= 0.3 is 12.0 Å². The summed E-state index contributed by atoms with van der Waals surface area (Å²) in [5.74, 6) is -0.413. The number of carbonyl (C=O) groups is 2. The van der Waals surface area contributed by atoms with Crippen molar-refractivity contribution >= 4 is 40.8 Å². The van der Waals surface area contributed by atoms with E-state index in [0.717, 1.165) is 21.2 Å². The monoisotopic (exact) mass is 376 g/mol. The van der Waals surface area contributed by atoms with Crippen molar-refractivity contribution in [2.45, 2.75) is 9.79 Å². The van der Waals surface area contributed by atoms with Crippen molar-refractivity contribution in [2.75, 3.05) is 17.3 Å². The molecule has 27 heavy (non-hydrogen) atoms. The predicted octanol–water partition coefficient (Wildman–Crippen LogP) is 5.31. The zero-order valence-electron chi connectivity index (χ0n) is 14.5. The number of hydrogen-bond donors (Lipinski definition) is 1. The number of urea groups is 1. The lowest BCUT2D eigenvalue weighted by atomic mass is 10.2. The van der Waals surface area contributed by atoms with Crippen molar-refractivity contribution in [3.05, 3.63) is 78.4 Å². The fourth-order valence-electron chi connectivity index (χ4n) is 2.91. The summed E-state index contributed by atoms with van der Waals surface area (Å²) in [5, 5.41) is 2.90. The van der Waals surface area contributed by atoms with Crippen LogP contribution >= 0.6 is 11.8 Å². The number of methoxy groups -OCH3 is 1. The summed E-state index contributed by atoms with van der Waals surface area (Å²) >= 11 is 1.64. The lowest BCUT2D eigenvalue weighted by Crippen LogP contribution is -2.32. The first-order valence-corrected chi connectivity index (χ1v) is 9.14. The third-order valence-electron chi connectivity index (χ3n) is 4.19. The predicted molar refractivity (Wildman–Crippen MR) is 106 cm³/mol. The molecule has 2 amide bonds. The third kappa shape index (κ3) is 3.27. The van der Waals surface area contributed by atoms with E-state index in [2.05, 4.69) is 5.32 Å². The van der Waals surface area contributed by atoms with E-state index in [4.69, 9.17) is 4.74 Å². The highest BCUT2D eigenvalue weighted by molar-refractivity contribution is 7.99. The molecule has 3 aromatic carbocycles. The second kappa shape index (κ2) is 7.17. The van der Waals surface area contributed by atoms with Gasteiger partial charge in [-0.05, 0) is 48.5 Å². The Bertz CT molecular complexity index is 972. The number of rotatable bonds is 2. The van der Waals surface area contributed by atoms with E-state index >= 15 is 0 Å². The summed E-state index contributed by atoms with van der Waals surface area (Å²) in [7, 11) is 1.33. The van der Waals surface area contributed by atoms with Crippen LogP contribution in [0.5, 0.6) is 0 Å². The molecule has 0 saturated carbocycles. The van der Waals surface area contributed by atoms with E-state index in [1.165, 1.54) is 7.11 Å². The Morgan fingerprint density at radius 2 is 1.41 bits per heavy atom. The van der Waals surface area contributed by atoms with Gasteiger partial charge in [-0.15, -0.1) is 0 Å². The Kier molecular flexibility index (Phi) is 4.56. The summed E-state index contributed by atoms with van der Waals surface area (Å²) < 4.78 is 4.69. The van der Waals surface area contributed by atoms with E-state index in [0.29, 0.717) is 11.3 Å². The molecule has 0 radical (unpaired) electrons.